The minimum absolute atomic E-state index is 0.464. The molecule has 0 saturated heterocycles. The highest BCUT2D eigenvalue weighted by Gasteiger charge is 2.58. The van der Waals surface area contributed by atoms with Crippen LogP contribution in [0.4, 0.5) is 0 Å². The quantitative estimate of drug-likeness (QED) is 0.181. The van der Waals surface area contributed by atoms with E-state index in [-0.39, 0.29) is 0 Å². The third kappa shape index (κ3) is 3.60. The van der Waals surface area contributed by atoms with Crippen molar-refractivity contribution >= 4 is 10.9 Å². The molecule has 2 heteroatoms. The maximum Gasteiger partial charge on any atom is 0.160 e. The molecule has 0 radical (unpaired) electrons. The molecule has 0 unspecified atom stereocenters. The molecule has 54 heavy (non-hydrogen) atoms. The monoisotopic (exact) mass is 684 g/mol. The van der Waals surface area contributed by atoms with Gasteiger partial charge in [-0.3, -0.25) is 0 Å². The lowest BCUT2D eigenvalue weighted by molar-refractivity contribution is 0.633. The molecule has 12 rings (SSSR count). The fourth-order valence-corrected chi connectivity index (χ4v) is 10.4. The van der Waals surface area contributed by atoms with Crippen molar-refractivity contribution in [3.05, 3.63) is 239 Å². The van der Waals surface area contributed by atoms with Gasteiger partial charge in [-0.25, -0.2) is 9.97 Å². The van der Waals surface area contributed by atoms with Crippen LogP contribution < -0.4 is 0 Å². The molecule has 0 aliphatic heterocycles. The van der Waals surface area contributed by atoms with Gasteiger partial charge in [0.15, 0.2) is 5.82 Å². The molecule has 0 atom stereocenters. The molecule has 3 aliphatic rings. The van der Waals surface area contributed by atoms with Gasteiger partial charge in [0.1, 0.15) is 0 Å². The van der Waals surface area contributed by atoms with Gasteiger partial charge in [0.05, 0.1) is 22.0 Å². The van der Waals surface area contributed by atoms with Gasteiger partial charge in [0.25, 0.3) is 0 Å². The van der Waals surface area contributed by atoms with Gasteiger partial charge in [0, 0.05) is 16.5 Å². The lowest BCUT2D eigenvalue weighted by atomic mass is 9.52. The Kier molecular flexibility index (Phi) is 5.94. The molecular formula is C52H32N2. The van der Waals surface area contributed by atoms with Crippen molar-refractivity contribution in [2.45, 2.75) is 10.8 Å². The lowest BCUT2D eigenvalue weighted by Gasteiger charge is -2.48. The van der Waals surface area contributed by atoms with E-state index in [1.807, 2.05) is 6.07 Å². The predicted octanol–water partition coefficient (Wildman–Crippen LogP) is 12.0. The number of rotatable bonds is 2. The summed E-state index contributed by atoms with van der Waals surface area (Å²) in [6.07, 6.45) is 0. The van der Waals surface area contributed by atoms with Gasteiger partial charge in [-0.2, -0.15) is 0 Å². The molecule has 0 fully saturated rings. The molecule has 2 spiro atoms. The largest absolute Gasteiger partial charge is 0.228 e. The highest BCUT2D eigenvalue weighted by Crippen LogP contribution is 2.67. The highest BCUT2D eigenvalue weighted by molar-refractivity contribution is 5.97. The molecular weight excluding hydrogens is 653 g/mol. The van der Waals surface area contributed by atoms with Crippen LogP contribution in [0.5, 0.6) is 0 Å². The van der Waals surface area contributed by atoms with Crippen LogP contribution in [0.15, 0.2) is 194 Å². The van der Waals surface area contributed by atoms with Gasteiger partial charge >= 0.3 is 0 Å². The normalized spacial score (nSPS) is 14.6. The van der Waals surface area contributed by atoms with E-state index in [0.29, 0.717) is 0 Å². The molecule has 250 valence electrons. The molecule has 1 aromatic heterocycles. The van der Waals surface area contributed by atoms with E-state index in [1.54, 1.807) is 0 Å². The molecule has 2 nitrogen and oxygen atoms in total. The third-order valence-electron chi connectivity index (χ3n) is 12.4. The Morgan fingerprint density at radius 2 is 0.722 bits per heavy atom. The van der Waals surface area contributed by atoms with Crippen molar-refractivity contribution in [2.24, 2.45) is 0 Å². The Bertz CT molecular complexity index is 2920. The van der Waals surface area contributed by atoms with Crippen molar-refractivity contribution in [1.82, 2.24) is 9.97 Å². The SMILES string of the molecule is c1ccc(-c2nc(-c3ccc4c(c3)C3(c5ccccc5-4)c4ccccc4C4(c5ccccc5-c5ccccc54)c4ccccc43)c3ccccc3n2)cc1. The summed E-state index contributed by atoms with van der Waals surface area (Å²) in [5.74, 6) is 0.733. The van der Waals surface area contributed by atoms with E-state index in [1.165, 1.54) is 66.8 Å². The van der Waals surface area contributed by atoms with Crippen LogP contribution in [0.25, 0.3) is 55.8 Å². The zero-order valence-electron chi connectivity index (χ0n) is 29.4. The second-order valence-electron chi connectivity index (χ2n) is 14.8. The summed E-state index contributed by atoms with van der Waals surface area (Å²) in [6.45, 7) is 0. The Morgan fingerprint density at radius 1 is 0.296 bits per heavy atom. The second kappa shape index (κ2) is 10.8. The summed E-state index contributed by atoms with van der Waals surface area (Å²) >= 11 is 0. The number of hydrogen-bond donors (Lipinski definition) is 0. The summed E-state index contributed by atoms with van der Waals surface area (Å²) in [5.41, 5.74) is 18.8. The predicted molar refractivity (Wildman–Crippen MR) is 219 cm³/mol. The minimum Gasteiger partial charge on any atom is -0.228 e. The van der Waals surface area contributed by atoms with Crippen LogP contribution in [0.1, 0.15) is 44.5 Å². The average molecular weight is 685 g/mol. The van der Waals surface area contributed by atoms with E-state index in [2.05, 4.69) is 188 Å². The van der Waals surface area contributed by atoms with Gasteiger partial charge in [-0.1, -0.05) is 182 Å². The first-order valence-electron chi connectivity index (χ1n) is 18.8. The number of hydrogen-bond acceptors (Lipinski definition) is 2. The number of aromatic nitrogens is 2. The van der Waals surface area contributed by atoms with Gasteiger partial charge in [-0.05, 0) is 78.9 Å². The number of fused-ring (bicyclic) bond motifs is 17. The molecule has 0 bridgehead atoms. The summed E-state index contributed by atoms with van der Waals surface area (Å²) in [7, 11) is 0. The van der Waals surface area contributed by atoms with Crippen LogP contribution in [0, 0.1) is 0 Å². The highest BCUT2D eigenvalue weighted by atomic mass is 14.9. The summed E-state index contributed by atoms with van der Waals surface area (Å²) in [4.78, 5) is 10.4. The molecule has 9 aromatic rings. The number of benzene rings is 8. The first kappa shape index (κ1) is 29.7. The fraction of sp³-hybridized carbons (Fsp3) is 0.0385. The topological polar surface area (TPSA) is 25.8 Å². The molecule has 8 aromatic carbocycles. The van der Waals surface area contributed by atoms with Crippen molar-refractivity contribution in [2.75, 3.05) is 0 Å². The minimum atomic E-state index is -0.558. The van der Waals surface area contributed by atoms with Crippen LogP contribution in [0.2, 0.25) is 0 Å². The Hall–Kier alpha value is -6.90. The second-order valence-corrected chi connectivity index (χ2v) is 14.8. The number of para-hydroxylation sites is 1. The van der Waals surface area contributed by atoms with E-state index >= 15 is 0 Å². The maximum atomic E-state index is 5.34. The van der Waals surface area contributed by atoms with Crippen LogP contribution in [-0.4, -0.2) is 9.97 Å². The fourth-order valence-electron chi connectivity index (χ4n) is 10.4. The Balaban J connectivity index is 1.20. The van der Waals surface area contributed by atoms with Crippen molar-refractivity contribution in [3.63, 3.8) is 0 Å². The molecule has 0 saturated carbocycles. The first-order chi connectivity index (χ1) is 26.8. The standard InChI is InChI=1S/C52H32N2/c1-2-16-33(17-3-1)50-53-48-29-15-7-21-39(48)49(54-50)34-30-31-38-37-20-6-10-24-42(37)52(47(38)32-34)45-27-13-11-25-43(45)51(44-26-12-14-28-46(44)52)40-22-8-4-18-35(40)36-19-5-9-23-41(36)51/h1-32H. The molecule has 0 amide bonds. The molecule has 3 aliphatic carbocycles. The molecule has 1 heterocycles. The molecule has 0 N–H and O–H groups in total. The zero-order valence-corrected chi connectivity index (χ0v) is 29.4. The summed E-state index contributed by atoms with van der Waals surface area (Å²) in [5, 5.41) is 1.05. The van der Waals surface area contributed by atoms with E-state index < -0.39 is 10.8 Å². The average Bonchev–Trinajstić information content (AvgIpc) is 3.71. The van der Waals surface area contributed by atoms with E-state index in [9.17, 15) is 0 Å². The third-order valence-corrected chi connectivity index (χ3v) is 12.4. The smallest absolute Gasteiger partial charge is 0.160 e. The summed E-state index contributed by atoms with van der Waals surface area (Å²) < 4.78 is 0. The maximum absolute atomic E-state index is 5.34. The van der Waals surface area contributed by atoms with Gasteiger partial charge in [-0.15, -0.1) is 0 Å². The lowest BCUT2D eigenvalue weighted by Crippen LogP contribution is -2.43. The van der Waals surface area contributed by atoms with E-state index in [4.69, 9.17) is 9.97 Å². The van der Waals surface area contributed by atoms with Gasteiger partial charge in [0.2, 0.25) is 0 Å². The first-order valence-corrected chi connectivity index (χ1v) is 18.8. The number of nitrogens with zero attached hydrogens (tertiary/aromatic N) is 2. The van der Waals surface area contributed by atoms with Crippen LogP contribution in [0.3, 0.4) is 0 Å². The van der Waals surface area contributed by atoms with Crippen molar-refractivity contribution < 1.29 is 0 Å². The van der Waals surface area contributed by atoms with Gasteiger partial charge < -0.3 is 0 Å². The summed E-state index contributed by atoms with van der Waals surface area (Å²) in [6, 6.07) is 71.6. The van der Waals surface area contributed by atoms with Crippen LogP contribution >= 0.6 is 0 Å². The van der Waals surface area contributed by atoms with Crippen molar-refractivity contribution in [3.8, 4) is 44.9 Å². The Morgan fingerprint density at radius 3 is 1.28 bits per heavy atom. The van der Waals surface area contributed by atoms with Crippen LogP contribution in [-0.2, 0) is 10.8 Å². The van der Waals surface area contributed by atoms with E-state index in [0.717, 1.165) is 33.5 Å². The zero-order chi connectivity index (χ0) is 35.4. The van der Waals surface area contributed by atoms with Crippen molar-refractivity contribution in [1.29, 1.82) is 0 Å². The Labute approximate surface area is 314 Å².